The van der Waals surface area contributed by atoms with Gasteiger partial charge < -0.3 is 5.11 Å². The van der Waals surface area contributed by atoms with Gasteiger partial charge in [-0.3, -0.25) is 0 Å². The van der Waals surface area contributed by atoms with Crippen LogP contribution in [0.2, 0.25) is 5.02 Å². The highest BCUT2D eigenvalue weighted by Crippen LogP contribution is 2.25. The van der Waals surface area contributed by atoms with E-state index in [1.807, 2.05) is 12.1 Å². The third-order valence-electron chi connectivity index (χ3n) is 2.25. The molecule has 0 aliphatic carbocycles. The first-order valence-corrected chi connectivity index (χ1v) is 6.86. The van der Waals surface area contributed by atoms with Crippen LogP contribution in [0.5, 0.6) is 0 Å². The Labute approximate surface area is 113 Å². The molecule has 0 radical (unpaired) electrons. The number of hydrogen-bond acceptors (Lipinski definition) is 2. The molecule has 0 saturated carbocycles. The van der Waals surface area contributed by atoms with Crippen LogP contribution >= 0.6 is 23.4 Å². The van der Waals surface area contributed by atoms with Crippen LogP contribution in [-0.4, -0.2) is 23.1 Å². The summed E-state index contributed by atoms with van der Waals surface area (Å²) in [5.74, 6) is 0.388. The summed E-state index contributed by atoms with van der Waals surface area (Å²) < 4.78 is 35.7. The molecule has 1 N–H and O–H groups in total. The minimum Gasteiger partial charge on any atom is -0.392 e. The topological polar surface area (TPSA) is 20.2 Å². The van der Waals surface area contributed by atoms with Crippen molar-refractivity contribution in [2.75, 3.05) is 5.75 Å². The molecule has 1 rings (SSSR count). The molecule has 1 unspecified atom stereocenters. The number of thioether (sulfide) groups is 1. The van der Waals surface area contributed by atoms with Gasteiger partial charge in [0.05, 0.1) is 6.10 Å². The Balaban J connectivity index is 2.21. The Kier molecular flexibility index (Phi) is 6.32. The normalized spacial score (nSPS) is 13.6. The smallest absolute Gasteiger partial charge is 0.389 e. The molecule has 1 nitrogen and oxygen atoms in total. The molecule has 1 aromatic carbocycles. The Morgan fingerprint density at radius 1 is 1.22 bits per heavy atom. The molecule has 0 heterocycles. The predicted octanol–water partition coefficient (Wildman–Crippen LogP) is 4.53. The maximum Gasteiger partial charge on any atom is 0.389 e. The molecule has 0 bridgehead atoms. The molecule has 6 heteroatoms. The van der Waals surface area contributed by atoms with E-state index < -0.39 is 18.7 Å². The van der Waals surface area contributed by atoms with Crippen LogP contribution in [-0.2, 0) is 0 Å². The summed E-state index contributed by atoms with van der Waals surface area (Å²) >= 11 is 7.13. The van der Waals surface area contributed by atoms with Crippen molar-refractivity contribution in [1.82, 2.24) is 0 Å². The van der Waals surface area contributed by atoms with E-state index in [2.05, 4.69) is 0 Å². The van der Waals surface area contributed by atoms with Gasteiger partial charge in [-0.2, -0.15) is 13.2 Å². The summed E-state index contributed by atoms with van der Waals surface area (Å²) in [5.41, 5.74) is 0. The first-order chi connectivity index (χ1) is 8.37. The van der Waals surface area contributed by atoms with Crippen LogP contribution in [0.25, 0.3) is 0 Å². The number of rotatable bonds is 6. The van der Waals surface area contributed by atoms with Crippen molar-refractivity contribution < 1.29 is 18.3 Å². The number of benzene rings is 1. The van der Waals surface area contributed by atoms with Crippen molar-refractivity contribution in [2.24, 2.45) is 0 Å². The lowest BCUT2D eigenvalue weighted by molar-refractivity contribution is -0.136. The van der Waals surface area contributed by atoms with Gasteiger partial charge in [-0.1, -0.05) is 11.6 Å². The van der Waals surface area contributed by atoms with Gasteiger partial charge in [0, 0.05) is 22.1 Å². The van der Waals surface area contributed by atoms with Crippen molar-refractivity contribution in [2.45, 2.75) is 36.4 Å². The van der Waals surface area contributed by atoms with E-state index in [9.17, 15) is 18.3 Å². The Hall–Kier alpha value is -0.390. The first-order valence-electron chi connectivity index (χ1n) is 5.50. The second-order valence-corrected chi connectivity index (χ2v) is 5.46. The number of halogens is 4. The first kappa shape index (κ1) is 15.7. The van der Waals surface area contributed by atoms with E-state index >= 15 is 0 Å². The van der Waals surface area contributed by atoms with E-state index in [0.29, 0.717) is 10.8 Å². The molecule has 0 fully saturated rings. The lowest BCUT2D eigenvalue weighted by Crippen LogP contribution is -2.13. The Bertz CT molecular complexity index is 353. The highest BCUT2D eigenvalue weighted by Gasteiger charge is 2.26. The second-order valence-electron chi connectivity index (χ2n) is 3.93. The number of aliphatic hydroxyl groups is 1. The van der Waals surface area contributed by atoms with Gasteiger partial charge in [-0.05, 0) is 37.1 Å². The van der Waals surface area contributed by atoms with Gasteiger partial charge in [0.2, 0.25) is 0 Å². The van der Waals surface area contributed by atoms with Gasteiger partial charge in [0.25, 0.3) is 0 Å². The Morgan fingerprint density at radius 2 is 1.83 bits per heavy atom. The van der Waals surface area contributed by atoms with E-state index in [1.54, 1.807) is 12.1 Å². The van der Waals surface area contributed by atoms with Crippen LogP contribution in [0.4, 0.5) is 13.2 Å². The van der Waals surface area contributed by atoms with Gasteiger partial charge in [-0.25, -0.2) is 0 Å². The molecule has 0 aliphatic rings. The minimum atomic E-state index is -4.14. The molecule has 0 aromatic heterocycles. The zero-order chi connectivity index (χ0) is 13.6. The molecule has 1 aromatic rings. The zero-order valence-corrected chi connectivity index (χ0v) is 11.2. The second kappa shape index (κ2) is 7.26. The van der Waals surface area contributed by atoms with Crippen molar-refractivity contribution >= 4 is 23.4 Å². The monoisotopic (exact) mass is 298 g/mol. The summed E-state index contributed by atoms with van der Waals surface area (Å²) in [4.78, 5) is 0.939. The van der Waals surface area contributed by atoms with E-state index in [1.165, 1.54) is 11.8 Å². The van der Waals surface area contributed by atoms with E-state index in [0.717, 1.165) is 4.90 Å². The number of hydrogen-bond donors (Lipinski definition) is 1. The van der Waals surface area contributed by atoms with Crippen LogP contribution < -0.4 is 0 Å². The SMILES string of the molecule is OC(CCCC(F)(F)F)CSc1ccc(Cl)cc1. The molecule has 0 aliphatic heterocycles. The summed E-state index contributed by atoms with van der Waals surface area (Å²) in [6.07, 6.45) is -5.56. The maximum absolute atomic E-state index is 11.9. The lowest BCUT2D eigenvalue weighted by atomic mass is 10.2. The van der Waals surface area contributed by atoms with Crippen molar-refractivity contribution in [3.05, 3.63) is 29.3 Å². The summed E-state index contributed by atoms with van der Waals surface area (Å²) in [5, 5.41) is 10.2. The van der Waals surface area contributed by atoms with Crippen LogP contribution in [0.15, 0.2) is 29.2 Å². The van der Waals surface area contributed by atoms with Gasteiger partial charge in [0.15, 0.2) is 0 Å². The highest BCUT2D eigenvalue weighted by molar-refractivity contribution is 7.99. The van der Waals surface area contributed by atoms with Crippen molar-refractivity contribution in [3.63, 3.8) is 0 Å². The molecular weight excluding hydrogens is 285 g/mol. The van der Waals surface area contributed by atoms with E-state index in [4.69, 9.17) is 11.6 Å². The fourth-order valence-corrected chi connectivity index (χ4v) is 2.35. The third-order valence-corrected chi connectivity index (χ3v) is 3.66. The average Bonchev–Trinajstić information content (AvgIpc) is 2.26. The van der Waals surface area contributed by atoms with Crippen LogP contribution in [0, 0.1) is 0 Å². The van der Waals surface area contributed by atoms with Gasteiger partial charge in [-0.15, -0.1) is 11.8 Å². The summed E-state index contributed by atoms with van der Waals surface area (Å²) in [6, 6.07) is 7.10. The summed E-state index contributed by atoms with van der Waals surface area (Å²) in [7, 11) is 0. The Morgan fingerprint density at radius 3 is 2.39 bits per heavy atom. The molecule has 0 spiro atoms. The molecular formula is C12H14ClF3OS. The lowest BCUT2D eigenvalue weighted by Gasteiger charge is -2.11. The molecule has 1 atom stereocenters. The standard InChI is InChI=1S/C12H14ClF3OS/c13-9-3-5-11(6-4-9)18-8-10(17)2-1-7-12(14,15)16/h3-6,10,17H,1-2,7-8H2. The number of aliphatic hydroxyl groups excluding tert-OH is 1. The predicted molar refractivity (Wildman–Crippen MR) is 68.1 cm³/mol. The molecule has 0 amide bonds. The zero-order valence-electron chi connectivity index (χ0n) is 9.58. The van der Waals surface area contributed by atoms with Crippen LogP contribution in [0.1, 0.15) is 19.3 Å². The maximum atomic E-state index is 11.9. The fourth-order valence-electron chi connectivity index (χ4n) is 1.34. The number of alkyl halides is 3. The molecule has 18 heavy (non-hydrogen) atoms. The third kappa shape index (κ3) is 7.13. The highest BCUT2D eigenvalue weighted by atomic mass is 35.5. The largest absolute Gasteiger partial charge is 0.392 e. The van der Waals surface area contributed by atoms with Gasteiger partial charge in [0.1, 0.15) is 0 Å². The van der Waals surface area contributed by atoms with Gasteiger partial charge >= 0.3 is 6.18 Å². The minimum absolute atomic E-state index is 0.0359. The van der Waals surface area contributed by atoms with Crippen molar-refractivity contribution in [1.29, 1.82) is 0 Å². The summed E-state index contributed by atoms with van der Waals surface area (Å²) in [6.45, 7) is 0. The average molecular weight is 299 g/mol. The quantitative estimate of drug-likeness (QED) is 0.779. The van der Waals surface area contributed by atoms with E-state index in [-0.39, 0.29) is 12.8 Å². The molecule has 0 saturated heterocycles. The van der Waals surface area contributed by atoms with Crippen LogP contribution in [0.3, 0.4) is 0 Å². The van der Waals surface area contributed by atoms with Crippen molar-refractivity contribution in [3.8, 4) is 0 Å². The molecule has 102 valence electrons. The fraction of sp³-hybridized carbons (Fsp3) is 0.500.